The highest BCUT2D eigenvalue weighted by atomic mass is 19.1. The number of nitrogens with one attached hydrogen (secondary N) is 1. The van der Waals surface area contributed by atoms with Crippen LogP contribution in [-0.4, -0.2) is 22.2 Å². The zero-order chi connectivity index (χ0) is 20.8. The van der Waals surface area contributed by atoms with Gasteiger partial charge in [0.15, 0.2) is 0 Å². The Labute approximate surface area is 167 Å². The molecule has 0 aliphatic rings. The number of carbonyl (C=O) groups is 1. The van der Waals surface area contributed by atoms with Gasteiger partial charge in [-0.3, -0.25) is 4.79 Å². The number of hydrogen-bond donors (Lipinski definition) is 1. The minimum Gasteiger partial charge on any atom is -0.439 e. The number of aryl methyl sites for hydroxylation is 1. The van der Waals surface area contributed by atoms with Gasteiger partial charge in [-0.2, -0.15) is 5.10 Å². The third kappa shape index (κ3) is 5.07. The minimum absolute atomic E-state index is 0.129. The van der Waals surface area contributed by atoms with E-state index in [9.17, 15) is 13.6 Å². The first-order chi connectivity index (χ1) is 14.0. The second-order valence-electron chi connectivity index (χ2n) is 6.41. The van der Waals surface area contributed by atoms with Crippen LogP contribution in [0.1, 0.15) is 17.7 Å². The lowest BCUT2D eigenvalue weighted by Gasteiger charge is -2.11. The Hall–Kier alpha value is -3.48. The third-order valence-corrected chi connectivity index (χ3v) is 4.26. The maximum atomic E-state index is 13.6. The number of amides is 1. The van der Waals surface area contributed by atoms with Crippen LogP contribution < -0.4 is 10.1 Å². The molecule has 7 heteroatoms. The molecule has 0 radical (unpaired) electrons. The summed E-state index contributed by atoms with van der Waals surface area (Å²) in [7, 11) is 0. The fourth-order valence-corrected chi connectivity index (χ4v) is 2.84. The minimum atomic E-state index is -0.433. The predicted octanol–water partition coefficient (Wildman–Crippen LogP) is 4.49. The molecule has 0 saturated carbocycles. The van der Waals surface area contributed by atoms with E-state index in [-0.39, 0.29) is 18.1 Å². The molecule has 1 aromatic heterocycles. The van der Waals surface area contributed by atoms with Crippen LogP contribution in [0.5, 0.6) is 11.6 Å². The fraction of sp³-hybridized carbons (Fsp3) is 0.182. The molecule has 0 aliphatic carbocycles. The van der Waals surface area contributed by atoms with Crippen molar-refractivity contribution in [2.45, 2.75) is 19.8 Å². The van der Waals surface area contributed by atoms with Crippen molar-refractivity contribution in [3.05, 3.63) is 84.1 Å². The van der Waals surface area contributed by atoms with E-state index in [1.165, 1.54) is 28.9 Å². The molecule has 0 unspecified atom stereocenters. The first-order valence-electron chi connectivity index (χ1n) is 9.13. The maximum Gasteiger partial charge on any atom is 0.226 e. The van der Waals surface area contributed by atoms with E-state index in [2.05, 4.69) is 17.0 Å². The van der Waals surface area contributed by atoms with Crippen LogP contribution in [0.15, 0.2) is 61.2 Å². The number of carbonyl (C=O) groups excluding carboxylic acids is 1. The van der Waals surface area contributed by atoms with Crippen LogP contribution in [0.3, 0.4) is 0 Å². The number of hydrogen-bond acceptors (Lipinski definition) is 3. The fourth-order valence-electron chi connectivity index (χ4n) is 2.84. The monoisotopic (exact) mass is 397 g/mol. The highest BCUT2D eigenvalue weighted by molar-refractivity contribution is 5.76. The summed E-state index contributed by atoms with van der Waals surface area (Å²) in [6, 6.07) is 11.5. The van der Waals surface area contributed by atoms with Crippen LogP contribution in [0.25, 0.3) is 5.69 Å². The molecule has 2 aromatic carbocycles. The summed E-state index contributed by atoms with van der Waals surface area (Å²) >= 11 is 0. The Morgan fingerprint density at radius 3 is 2.66 bits per heavy atom. The highest BCUT2D eigenvalue weighted by Crippen LogP contribution is 2.31. The average Bonchev–Trinajstić information content (AvgIpc) is 3.00. The Bertz CT molecular complexity index is 1010. The van der Waals surface area contributed by atoms with E-state index in [0.29, 0.717) is 41.5 Å². The van der Waals surface area contributed by atoms with Crippen molar-refractivity contribution in [2.75, 3.05) is 6.54 Å². The molecule has 150 valence electrons. The summed E-state index contributed by atoms with van der Waals surface area (Å²) in [5.41, 5.74) is 1.97. The number of ether oxygens (including phenoxy) is 1. The molecule has 1 heterocycles. The first kappa shape index (κ1) is 20.3. The van der Waals surface area contributed by atoms with Crippen molar-refractivity contribution in [1.29, 1.82) is 0 Å². The molecular weight excluding hydrogens is 376 g/mol. The van der Waals surface area contributed by atoms with Crippen LogP contribution in [-0.2, 0) is 11.2 Å². The molecule has 3 aromatic rings. The van der Waals surface area contributed by atoms with E-state index in [1.54, 1.807) is 37.3 Å². The maximum absolute atomic E-state index is 13.6. The van der Waals surface area contributed by atoms with Gasteiger partial charge in [0.05, 0.1) is 11.4 Å². The van der Waals surface area contributed by atoms with Gasteiger partial charge in [-0.05, 0) is 49.7 Å². The lowest BCUT2D eigenvalue weighted by atomic mass is 10.1. The van der Waals surface area contributed by atoms with Crippen LogP contribution in [0.2, 0.25) is 0 Å². The Balaban J connectivity index is 1.96. The Kier molecular flexibility index (Phi) is 6.39. The summed E-state index contributed by atoms with van der Waals surface area (Å²) in [5, 5.41) is 7.22. The van der Waals surface area contributed by atoms with Gasteiger partial charge in [-0.15, -0.1) is 6.58 Å². The van der Waals surface area contributed by atoms with Crippen LogP contribution >= 0.6 is 0 Å². The summed E-state index contributed by atoms with van der Waals surface area (Å²) < 4.78 is 34.4. The van der Waals surface area contributed by atoms with Crippen molar-refractivity contribution >= 4 is 5.91 Å². The lowest BCUT2D eigenvalue weighted by molar-refractivity contribution is -0.120. The van der Waals surface area contributed by atoms with E-state index in [0.717, 1.165) is 0 Å². The molecule has 0 fully saturated rings. The molecule has 0 atom stereocenters. The van der Waals surface area contributed by atoms with Gasteiger partial charge >= 0.3 is 0 Å². The van der Waals surface area contributed by atoms with Gasteiger partial charge in [0.2, 0.25) is 11.8 Å². The van der Waals surface area contributed by atoms with E-state index in [4.69, 9.17) is 4.74 Å². The number of rotatable bonds is 8. The topological polar surface area (TPSA) is 56.2 Å². The molecule has 0 bridgehead atoms. The molecule has 0 aliphatic heterocycles. The first-order valence-corrected chi connectivity index (χ1v) is 9.13. The van der Waals surface area contributed by atoms with Crippen molar-refractivity contribution in [1.82, 2.24) is 15.1 Å². The second kappa shape index (κ2) is 9.14. The second-order valence-corrected chi connectivity index (χ2v) is 6.41. The quantitative estimate of drug-likeness (QED) is 0.570. The molecule has 1 amide bonds. The molecular formula is C22H21F2N3O2. The summed E-state index contributed by atoms with van der Waals surface area (Å²) in [6.07, 6.45) is 2.21. The number of aromatic nitrogens is 2. The van der Waals surface area contributed by atoms with Crippen molar-refractivity contribution in [3.8, 4) is 17.3 Å². The average molecular weight is 397 g/mol. The molecule has 29 heavy (non-hydrogen) atoms. The van der Waals surface area contributed by atoms with Gasteiger partial charge in [-0.25, -0.2) is 13.5 Å². The normalized spacial score (nSPS) is 10.6. The SMILES string of the molecule is C=CCNC(=O)CCc1c(C)nn(-c2ccc(F)cc2)c1Oc1cccc(F)c1. The van der Waals surface area contributed by atoms with E-state index in [1.807, 2.05) is 0 Å². The number of benzene rings is 2. The van der Waals surface area contributed by atoms with Gasteiger partial charge in [0.25, 0.3) is 0 Å². The number of nitrogens with zero attached hydrogens (tertiary/aromatic N) is 2. The van der Waals surface area contributed by atoms with Crippen LogP contribution in [0, 0.1) is 18.6 Å². The summed E-state index contributed by atoms with van der Waals surface area (Å²) in [4.78, 5) is 12.0. The molecule has 0 saturated heterocycles. The lowest BCUT2D eigenvalue weighted by Crippen LogP contribution is -2.23. The zero-order valence-electron chi connectivity index (χ0n) is 16.0. The van der Waals surface area contributed by atoms with Gasteiger partial charge < -0.3 is 10.1 Å². The Morgan fingerprint density at radius 2 is 1.97 bits per heavy atom. The summed E-state index contributed by atoms with van der Waals surface area (Å²) in [5.74, 6) is -0.279. The molecule has 5 nitrogen and oxygen atoms in total. The van der Waals surface area contributed by atoms with Gasteiger partial charge in [-0.1, -0.05) is 12.1 Å². The summed E-state index contributed by atoms with van der Waals surface area (Å²) in [6.45, 7) is 5.76. The predicted molar refractivity (Wildman–Crippen MR) is 106 cm³/mol. The molecule has 3 rings (SSSR count). The molecule has 0 spiro atoms. The van der Waals surface area contributed by atoms with Gasteiger partial charge in [0, 0.05) is 24.6 Å². The smallest absolute Gasteiger partial charge is 0.226 e. The molecule has 1 N–H and O–H groups in total. The van der Waals surface area contributed by atoms with Crippen molar-refractivity contribution in [3.63, 3.8) is 0 Å². The highest BCUT2D eigenvalue weighted by Gasteiger charge is 2.20. The zero-order valence-corrected chi connectivity index (χ0v) is 16.0. The van der Waals surface area contributed by atoms with Gasteiger partial charge in [0.1, 0.15) is 17.4 Å². The van der Waals surface area contributed by atoms with Crippen LogP contribution in [0.4, 0.5) is 8.78 Å². The Morgan fingerprint density at radius 1 is 1.21 bits per heavy atom. The van der Waals surface area contributed by atoms with Crippen molar-refractivity contribution in [2.24, 2.45) is 0 Å². The van der Waals surface area contributed by atoms with E-state index < -0.39 is 5.82 Å². The van der Waals surface area contributed by atoms with Crippen molar-refractivity contribution < 1.29 is 18.3 Å². The van der Waals surface area contributed by atoms with E-state index >= 15 is 0 Å². The standard InChI is InChI=1S/C22H21F2N3O2/c1-3-13-25-21(28)12-11-20-15(2)26-27(18-9-7-16(23)8-10-18)22(20)29-19-6-4-5-17(24)14-19/h3-10,14H,1,11-13H2,2H3,(H,25,28). The largest absolute Gasteiger partial charge is 0.439 e. The number of halogens is 2. The third-order valence-electron chi connectivity index (χ3n) is 4.26.